The highest BCUT2D eigenvalue weighted by molar-refractivity contribution is 7.99. The molecule has 0 aliphatic heterocycles. The molecule has 1 heterocycles. The molecule has 0 radical (unpaired) electrons. The third-order valence-corrected chi connectivity index (χ3v) is 3.82. The number of carbonyl (C=O) groups excluding carboxylic acids is 1. The van der Waals surface area contributed by atoms with Crippen molar-refractivity contribution in [2.75, 3.05) is 18.2 Å². The number of ether oxygens (including phenoxy) is 1. The van der Waals surface area contributed by atoms with Gasteiger partial charge in [-0.2, -0.15) is 4.98 Å². The van der Waals surface area contributed by atoms with E-state index in [2.05, 4.69) is 15.3 Å². The van der Waals surface area contributed by atoms with Gasteiger partial charge in [-0.05, 0) is 18.2 Å². The lowest BCUT2D eigenvalue weighted by Crippen LogP contribution is -2.13. The maximum Gasteiger partial charge on any atom is 0.255 e. The lowest BCUT2D eigenvalue weighted by Gasteiger charge is -2.10. The first kappa shape index (κ1) is 17.2. The van der Waals surface area contributed by atoms with Gasteiger partial charge in [0, 0.05) is 17.2 Å². The molecule has 0 unspecified atom stereocenters. The highest BCUT2D eigenvalue weighted by Gasteiger charge is 2.09. The Morgan fingerprint density at radius 1 is 1.48 bits per heavy atom. The van der Waals surface area contributed by atoms with Crippen molar-refractivity contribution in [1.82, 2.24) is 9.97 Å². The number of halogens is 1. The number of methoxy groups -OCH3 is 1. The summed E-state index contributed by atoms with van der Waals surface area (Å²) in [6, 6.07) is 5.89. The fraction of sp³-hybridized carbons (Fsp3) is 0.214. The first-order chi connectivity index (χ1) is 11.0. The Labute approximate surface area is 141 Å². The monoisotopic (exact) mass is 355 g/mol. The molecule has 1 amide bonds. The minimum absolute atomic E-state index is 0.180. The molecule has 0 bridgehead atoms. The molecule has 7 nitrogen and oxygen atoms in total. The molecule has 0 atom stereocenters. The van der Waals surface area contributed by atoms with E-state index in [1.54, 1.807) is 18.2 Å². The van der Waals surface area contributed by atoms with Gasteiger partial charge < -0.3 is 20.1 Å². The van der Waals surface area contributed by atoms with Crippen LogP contribution >= 0.6 is 23.4 Å². The van der Waals surface area contributed by atoms with Gasteiger partial charge >= 0.3 is 0 Å². The smallest absolute Gasteiger partial charge is 0.255 e. The number of benzene rings is 1. The van der Waals surface area contributed by atoms with Crippen LogP contribution in [0.2, 0.25) is 5.02 Å². The maximum absolute atomic E-state index is 12.0. The molecule has 0 spiro atoms. The second kappa shape index (κ2) is 7.89. The van der Waals surface area contributed by atoms with Crippen LogP contribution in [-0.4, -0.2) is 33.8 Å². The van der Waals surface area contributed by atoms with E-state index in [1.165, 1.54) is 7.11 Å². The van der Waals surface area contributed by atoms with Crippen molar-refractivity contribution < 1.29 is 14.6 Å². The summed E-state index contributed by atoms with van der Waals surface area (Å²) < 4.78 is 5.15. The molecule has 0 aliphatic carbocycles. The van der Waals surface area contributed by atoms with E-state index >= 15 is 0 Å². The minimum Gasteiger partial charge on any atom is -0.495 e. The number of carbonyl (C=O) groups is 1. The largest absolute Gasteiger partial charge is 0.495 e. The summed E-state index contributed by atoms with van der Waals surface area (Å²) >= 11 is 7.05. The number of aromatic hydroxyl groups is 1. The lowest BCUT2D eigenvalue weighted by atomic mass is 10.3. The average molecular weight is 356 g/mol. The van der Waals surface area contributed by atoms with Crippen LogP contribution in [0.5, 0.6) is 11.6 Å². The number of amides is 1. The van der Waals surface area contributed by atoms with Gasteiger partial charge in [-0.15, -0.1) is 0 Å². The normalized spacial score (nSPS) is 10.3. The molecular formula is C14H14ClN3O4S. The standard InChI is InChI=1S/C14H14ClN3O4S/c1-22-10-3-2-8(15)6-9(10)16-11(19)4-5-23-14-17-12(20)7-13(21)18-14/h2-3,6-7H,4-5H2,1H3,(H,16,19)(H2,17,18,20,21). The molecule has 0 aliphatic rings. The Hall–Kier alpha value is -2.19. The molecule has 2 rings (SSSR count). The average Bonchev–Trinajstić information content (AvgIpc) is 2.46. The zero-order chi connectivity index (χ0) is 16.8. The van der Waals surface area contributed by atoms with E-state index in [4.69, 9.17) is 16.3 Å². The fourth-order valence-corrected chi connectivity index (χ4v) is 2.71. The van der Waals surface area contributed by atoms with Crippen LogP contribution in [0.25, 0.3) is 0 Å². The Kier molecular flexibility index (Phi) is 5.89. The second-order valence-electron chi connectivity index (χ2n) is 4.40. The van der Waals surface area contributed by atoms with Crippen molar-refractivity contribution in [3.8, 4) is 11.6 Å². The summed E-state index contributed by atoms with van der Waals surface area (Å²) in [7, 11) is 1.50. The minimum atomic E-state index is -0.451. The van der Waals surface area contributed by atoms with Crippen molar-refractivity contribution in [2.24, 2.45) is 0 Å². The SMILES string of the molecule is COc1ccc(Cl)cc1NC(=O)CCSc1nc(O)cc(=O)[nH]1. The summed E-state index contributed by atoms with van der Waals surface area (Å²) in [6.45, 7) is 0. The first-order valence-electron chi connectivity index (χ1n) is 6.54. The molecule has 0 saturated heterocycles. The number of hydrogen-bond acceptors (Lipinski definition) is 6. The van der Waals surface area contributed by atoms with Crippen LogP contribution in [0.15, 0.2) is 34.2 Å². The van der Waals surface area contributed by atoms with Gasteiger partial charge in [0.2, 0.25) is 11.8 Å². The van der Waals surface area contributed by atoms with E-state index in [1.807, 2.05) is 0 Å². The van der Waals surface area contributed by atoms with Gasteiger partial charge in [0.25, 0.3) is 5.56 Å². The Morgan fingerprint density at radius 3 is 2.96 bits per heavy atom. The number of H-pyrrole nitrogens is 1. The van der Waals surface area contributed by atoms with E-state index in [-0.39, 0.29) is 23.4 Å². The van der Waals surface area contributed by atoms with Gasteiger partial charge in [-0.1, -0.05) is 23.4 Å². The molecule has 1 aromatic heterocycles. The first-order valence-corrected chi connectivity index (χ1v) is 7.91. The summed E-state index contributed by atoms with van der Waals surface area (Å²) in [6.07, 6.45) is 0.180. The third-order valence-electron chi connectivity index (χ3n) is 2.71. The van der Waals surface area contributed by atoms with Crippen molar-refractivity contribution in [3.63, 3.8) is 0 Å². The number of nitrogens with one attached hydrogen (secondary N) is 2. The van der Waals surface area contributed by atoms with Crippen LogP contribution in [0.3, 0.4) is 0 Å². The number of anilines is 1. The molecule has 23 heavy (non-hydrogen) atoms. The number of hydrogen-bond donors (Lipinski definition) is 3. The van der Waals surface area contributed by atoms with Crippen LogP contribution < -0.4 is 15.6 Å². The van der Waals surface area contributed by atoms with Gasteiger partial charge in [0.05, 0.1) is 18.9 Å². The second-order valence-corrected chi connectivity index (χ2v) is 5.92. The maximum atomic E-state index is 12.0. The molecule has 122 valence electrons. The predicted molar refractivity (Wildman–Crippen MR) is 88.5 cm³/mol. The van der Waals surface area contributed by atoms with E-state index in [9.17, 15) is 14.7 Å². The molecule has 2 aromatic rings. The highest BCUT2D eigenvalue weighted by Crippen LogP contribution is 2.27. The van der Waals surface area contributed by atoms with Gasteiger partial charge in [-0.3, -0.25) is 9.59 Å². The molecule has 9 heteroatoms. The zero-order valence-electron chi connectivity index (χ0n) is 12.1. The molecular weight excluding hydrogens is 342 g/mol. The van der Waals surface area contributed by atoms with E-state index in [0.717, 1.165) is 17.8 Å². The summed E-state index contributed by atoms with van der Waals surface area (Å²) in [5.41, 5.74) is 0.0343. The van der Waals surface area contributed by atoms with Crippen LogP contribution in [0.1, 0.15) is 6.42 Å². The topological polar surface area (TPSA) is 104 Å². The lowest BCUT2D eigenvalue weighted by molar-refractivity contribution is -0.115. The van der Waals surface area contributed by atoms with Gasteiger partial charge in [0.1, 0.15) is 5.75 Å². The van der Waals surface area contributed by atoms with Crippen LogP contribution in [0.4, 0.5) is 5.69 Å². The highest BCUT2D eigenvalue weighted by atomic mass is 35.5. The van der Waals surface area contributed by atoms with Crippen molar-refractivity contribution in [1.29, 1.82) is 0 Å². The fourth-order valence-electron chi connectivity index (χ4n) is 1.72. The summed E-state index contributed by atoms with van der Waals surface area (Å²) in [4.78, 5) is 29.3. The van der Waals surface area contributed by atoms with Gasteiger partial charge in [-0.25, -0.2) is 0 Å². The number of aromatic amines is 1. The zero-order valence-corrected chi connectivity index (χ0v) is 13.7. The number of nitrogens with zero attached hydrogens (tertiary/aromatic N) is 1. The van der Waals surface area contributed by atoms with Crippen molar-refractivity contribution in [2.45, 2.75) is 11.6 Å². The Balaban J connectivity index is 1.90. The molecule has 1 aromatic carbocycles. The predicted octanol–water partition coefficient (Wildman–Crippen LogP) is 2.26. The van der Waals surface area contributed by atoms with Crippen molar-refractivity contribution >= 4 is 35.0 Å². The number of aromatic nitrogens is 2. The summed E-state index contributed by atoms with van der Waals surface area (Å²) in [5.74, 6) is 0.292. The van der Waals surface area contributed by atoms with E-state index in [0.29, 0.717) is 22.2 Å². The Bertz CT molecular complexity index is 766. The molecule has 0 saturated carbocycles. The molecule has 0 fully saturated rings. The van der Waals surface area contributed by atoms with Gasteiger partial charge in [0.15, 0.2) is 5.16 Å². The van der Waals surface area contributed by atoms with Crippen LogP contribution in [-0.2, 0) is 4.79 Å². The van der Waals surface area contributed by atoms with Crippen LogP contribution in [0, 0.1) is 0 Å². The van der Waals surface area contributed by atoms with Crippen molar-refractivity contribution in [3.05, 3.63) is 39.6 Å². The number of thioether (sulfide) groups is 1. The third kappa shape index (κ3) is 5.19. The van der Waals surface area contributed by atoms with E-state index < -0.39 is 5.56 Å². The quantitative estimate of drug-likeness (QED) is 0.542. The Morgan fingerprint density at radius 2 is 2.26 bits per heavy atom. The number of rotatable bonds is 6. The summed E-state index contributed by atoms with van der Waals surface area (Å²) in [5, 5.41) is 12.7. The molecule has 3 N–H and O–H groups in total.